The summed E-state index contributed by atoms with van der Waals surface area (Å²) < 4.78 is 0. The highest BCUT2D eigenvalue weighted by atomic mass is 16.4. The molecule has 2 rings (SSSR count). The molecule has 0 spiro atoms. The van der Waals surface area contributed by atoms with Crippen molar-refractivity contribution in [2.24, 2.45) is 0 Å². The van der Waals surface area contributed by atoms with Crippen molar-refractivity contribution in [2.75, 3.05) is 0 Å². The Morgan fingerprint density at radius 1 is 1.00 bits per heavy atom. The molecule has 2 aliphatic carbocycles. The van der Waals surface area contributed by atoms with Gasteiger partial charge in [-0.1, -0.05) is 12.1 Å². The Morgan fingerprint density at radius 2 is 1.27 bits per heavy atom. The van der Waals surface area contributed by atoms with Crippen LogP contribution < -0.4 is 0 Å². The normalized spacial score (nSPS) is 9.82. The van der Waals surface area contributed by atoms with Gasteiger partial charge in [-0.25, -0.2) is 0 Å². The highest BCUT2D eigenvalue weighted by Gasteiger charge is 2.17. The smallest absolute Gasteiger partial charge is 0.429 e. The van der Waals surface area contributed by atoms with Crippen LogP contribution in [0.2, 0.25) is 0 Å². The molecule has 57 valence electrons. The number of fused-ring (bicyclic) bond motifs is 1. The van der Waals surface area contributed by atoms with Crippen molar-refractivity contribution in [3.05, 3.63) is 23.3 Å². The molecule has 0 amide bonds. The maximum atomic E-state index is 7.00. The van der Waals surface area contributed by atoms with Crippen molar-refractivity contribution in [3.8, 4) is 11.1 Å². The van der Waals surface area contributed by atoms with Crippen LogP contribution in [0.1, 0.15) is 11.1 Å². The van der Waals surface area contributed by atoms with E-state index in [2.05, 4.69) is 26.0 Å². The Labute approximate surface area is 66.8 Å². The largest absolute Gasteiger partial charge is 0.482 e. The minimum absolute atomic E-state index is 0. The van der Waals surface area contributed by atoms with Crippen molar-refractivity contribution < 1.29 is 10.0 Å². The lowest BCUT2D eigenvalue weighted by atomic mass is 9.81. The van der Waals surface area contributed by atoms with Gasteiger partial charge in [0.25, 0.3) is 0 Å². The quantitative estimate of drug-likeness (QED) is 0.543. The molecule has 0 saturated heterocycles. The third-order valence-electron chi connectivity index (χ3n) is 2.08. The first-order valence-corrected chi connectivity index (χ1v) is 3.43. The van der Waals surface area contributed by atoms with Gasteiger partial charge in [-0.15, -0.1) is 0 Å². The molecule has 0 fully saturated rings. The van der Waals surface area contributed by atoms with Crippen molar-refractivity contribution in [1.29, 1.82) is 0 Å². The summed E-state index contributed by atoms with van der Waals surface area (Å²) in [6.45, 7) is 4.36. The molecule has 0 unspecified atom stereocenters. The Bertz CT molecular complexity index is 244. The monoisotopic (exact) mass is 149 g/mol. The van der Waals surface area contributed by atoms with Crippen molar-refractivity contribution in [3.63, 3.8) is 0 Å². The van der Waals surface area contributed by atoms with E-state index in [1.54, 1.807) is 0 Å². The van der Waals surface area contributed by atoms with Gasteiger partial charge < -0.3 is 10.0 Å². The summed E-state index contributed by atoms with van der Waals surface area (Å²) in [5.74, 6) is 0. The number of rotatable bonds is 0. The van der Waals surface area contributed by atoms with Crippen LogP contribution in [0.5, 0.6) is 0 Å². The highest BCUT2D eigenvalue weighted by Crippen LogP contribution is 2.40. The zero-order chi connectivity index (χ0) is 8.43. The van der Waals surface area contributed by atoms with Crippen molar-refractivity contribution >= 4 is 7.69 Å². The minimum Gasteiger partial charge on any atom is -0.429 e. The Balaban J connectivity index is 0.000000179. The third kappa shape index (κ3) is 1.17. The van der Waals surface area contributed by atoms with Gasteiger partial charge in [-0.3, -0.25) is 0 Å². The second kappa shape index (κ2) is 3.07. The van der Waals surface area contributed by atoms with E-state index < -0.39 is 0 Å². The molecule has 1 radical (unpaired) electrons. The first-order valence-electron chi connectivity index (χ1n) is 3.43. The fourth-order valence-corrected chi connectivity index (χ4v) is 1.25. The van der Waals surface area contributed by atoms with Gasteiger partial charge in [-0.05, 0) is 36.1 Å². The molecule has 0 saturated carbocycles. The van der Waals surface area contributed by atoms with Crippen LogP contribution in [0.4, 0.5) is 0 Å². The number of hydrogen-bond acceptors (Lipinski definition) is 2. The van der Waals surface area contributed by atoms with Gasteiger partial charge in [0.15, 0.2) is 0 Å². The lowest BCUT2D eigenvalue weighted by Gasteiger charge is -2.23. The van der Waals surface area contributed by atoms with Gasteiger partial charge >= 0.3 is 7.69 Å². The van der Waals surface area contributed by atoms with E-state index in [4.69, 9.17) is 10.0 Å². The predicted molar refractivity (Wildman–Crippen MR) is 45.1 cm³/mol. The Hall–Kier alpha value is -0.795. The molecule has 0 aliphatic heterocycles. The Kier molecular flexibility index (Phi) is 2.32. The maximum absolute atomic E-state index is 7.00. The van der Waals surface area contributed by atoms with E-state index in [1.807, 2.05) is 0 Å². The van der Waals surface area contributed by atoms with E-state index in [9.17, 15) is 0 Å². The Morgan fingerprint density at radius 3 is 1.36 bits per heavy atom. The van der Waals surface area contributed by atoms with Crippen molar-refractivity contribution in [2.45, 2.75) is 13.8 Å². The maximum Gasteiger partial charge on any atom is 0.482 e. The molecule has 11 heavy (non-hydrogen) atoms. The number of hydrogen-bond donors (Lipinski definition) is 2. The molecular weight excluding hydrogens is 139 g/mol. The average Bonchev–Trinajstić information content (AvgIpc) is 1.87. The van der Waals surface area contributed by atoms with E-state index in [0.717, 1.165) is 0 Å². The summed E-state index contributed by atoms with van der Waals surface area (Å²) in [5, 5.41) is 14.0. The summed E-state index contributed by atoms with van der Waals surface area (Å²) in [5.41, 5.74) is 5.95. The van der Waals surface area contributed by atoms with Crippen LogP contribution in [-0.4, -0.2) is 17.7 Å². The molecular formula is C8H10BO2. The lowest BCUT2D eigenvalue weighted by Crippen LogP contribution is -2.01. The molecule has 3 heteroatoms. The van der Waals surface area contributed by atoms with E-state index in [0.29, 0.717) is 0 Å². The summed E-state index contributed by atoms with van der Waals surface area (Å²) in [6, 6.07) is 4.36. The SMILES string of the molecule is Cc1c2ccc-2c1C.O[B]O. The third-order valence-corrected chi connectivity index (χ3v) is 2.08. The second-order valence-electron chi connectivity index (χ2n) is 2.53. The molecule has 0 aromatic rings. The number of benzene rings is 1. The average molecular weight is 149 g/mol. The fourth-order valence-electron chi connectivity index (χ4n) is 1.25. The second-order valence-corrected chi connectivity index (χ2v) is 2.53. The van der Waals surface area contributed by atoms with Gasteiger partial charge in [0, 0.05) is 0 Å². The van der Waals surface area contributed by atoms with Gasteiger partial charge in [-0.2, -0.15) is 0 Å². The molecule has 0 aromatic heterocycles. The highest BCUT2D eigenvalue weighted by molar-refractivity contribution is 6.13. The minimum atomic E-state index is 0. The van der Waals surface area contributed by atoms with Crippen LogP contribution in [0.3, 0.4) is 0 Å². The molecule has 2 N–H and O–H groups in total. The van der Waals surface area contributed by atoms with Crippen LogP contribution in [0, 0.1) is 13.8 Å². The molecule has 0 aromatic carbocycles. The molecule has 0 atom stereocenters. The molecule has 0 heterocycles. The summed E-state index contributed by atoms with van der Waals surface area (Å²) in [4.78, 5) is 0. The van der Waals surface area contributed by atoms with Gasteiger partial charge in [0.2, 0.25) is 0 Å². The lowest BCUT2D eigenvalue weighted by molar-refractivity contribution is 0.448. The standard InChI is InChI=1S/C8H8.BH2O2/c1-5-6(2)8-4-3-7(5)8;2-1-3/h3-4H,1-2H3;2-3H. The van der Waals surface area contributed by atoms with Crippen LogP contribution in [-0.2, 0) is 0 Å². The van der Waals surface area contributed by atoms with E-state index >= 15 is 0 Å². The first kappa shape index (κ1) is 8.30. The topological polar surface area (TPSA) is 40.5 Å². The van der Waals surface area contributed by atoms with Crippen LogP contribution in [0.15, 0.2) is 12.1 Å². The van der Waals surface area contributed by atoms with Crippen LogP contribution in [0.25, 0.3) is 11.1 Å². The molecule has 2 aliphatic rings. The van der Waals surface area contributed by atoms with E-state index in [1.165, 1.54) is 22.3 Å². The molecule has 0 bridgehead atoms. The zero-order valence-electron chi connectivity index (χ0n) is 6.63. The van der Waals surface area contributed by atoms with Gasteiger partial charge in [0.05, 0.1) is 0 Å². The van der Waals surface area contributed by atoms with Crippen LogP contribution >= 0.6 is 0 Å². The van der Waals surface area contributed by atoms with Crippen molar-refractivity contribution in [1.82, 2.24) is 0 Å². The summed E-state index contributed by atoms with van der Waals surface area (Å²) in [7, 11) is 0. The fraction of sp³-hybridized carbons (Fsp3) is 0.250. The predicted octanol–water partition coefficient (Wildman–Crippen LogP) is 0.789. The first-order chi connectivity index (χ1) is 5.22. The van der Waals surface area contributed by atoms with E-state index in [-0.39, 0.29) is 7.69 Å². The summed E-state index contributed by atoms with van der Waals surface area (Å²) in [6.07, 6.45) is 0. The zero-order valence-corrected chi connectivity index (χ0v) is 6.63. The summed E-state index contributed by atoms with van der Waals surface area (Å²) >= 11 is 0. The van der Waals surface area contributed by atoms with Gasteiger partial charge in [0.1, 0.15) is 0 Å². The molecule has 2 nitrogen and oxygen atoms in total.